The van der Waals surface area contributed by atoms with Crippen LogP contribution in [0.25, 0.3) is 0 Å². The highest BCUT2D eigenvalue weighted by Gasteiger charge is 2.16. The van der Waals surface area contributed by atoms with Crippen LogP contribution in [0.5, 0.6) is 0 Å². The Kier molecular flexibility index (Phi) is 7.77. The van der Waals surface area contributed by atoms with E-state index in [9.17, 15) is 14.4 Å². The Morgan fingerprint density at radius 3 is 2.41 bits per heavy atom. The predicted octanol–water partition coefficient (Wildman–Crippen LogP) is 3.49. The van der Waals surface area contributed by atoms with E-state index < -0.39 is 0 Å². The number of anilines is 2. The maximum Gasteiger partial charge on any atom is 0.319 e. The van der Waals surface area contributed by atoms with Gasteiger partial charge in [0.05, 0.1) is 6.54 Å². The molecule has 0 heterocycles. The average molecular weight is 396 g/mol. The molecule has 7 nitrogen and oxygen atoms in total. The average Bonchev–Trinajstić information content (AvgIpc) is 2.67. The van der Waals surface area contributed by atoms with Crippen LogP contribution in [0.2, 0.25) is 0 Å². The van der Waals surface area contributed by atoms with Gasteiger partial charge in [0.1, 0.15) is 0 Å². The summed E-state index contributed by atoms with van der Waals surface area (Å²) < 4.78 is 0. The molecule has 7 heteroatoms. The second-order valence-corrected chi connectivity index (χ2v) is 7.05. The summed E-state index contributed by atoms with van der Waals surface area (Å²) in [7, 11) is 1.57. The van der Waals surface area contributed by atoms with E-state index in [-0.39, 0.29) is 30.4 Å². The molecule has 2 aromatic rings. The molecule has 3 N–H and O–H groups in total. The van der Waals surface area contributed by atoms with E-state index in [0.29, 0.717) is 11.3 Å². The number of urea groups is 1. The summed E-state index contributed by atoms with van der Waals surface area (Å²) in [6, 6.07) is 13.9. The van der Waals surface area contributed by atoms with E-state index in [0.717, 1.165) is 17.7 Å². The van der Waals surface area contributed by atoms with Crippen LogP contribution in [-0.2, 0) is 11.2 Å². The Bertz CT molecular complexity index is 880. The van der Waals surface area contributed by atoms with Crippen molar-refractivity contribution in [2.45, 2.75) is 33.2 Å². The van der Waals surface area contributed by atoms with Crippen LogP contribution in [0.15, 0.2) is 48.5 Å². The Hall–Kier alpha value is -3.35. The maximum absolute atomic E-state index is 12.7. The van der Waals surface area contributed by atoms with E-state index in [1.54, 1.807) is 31.3 Å². The second kappa shape index (κ2) is 10.3. The van der Waals surface area contributed by atoms with Crippen molar-refractivity contribution in [2.24, 2.45) is 0 Å². The first-order chi connectivity index (χ1) is 13.8. The van der Waals surface area contributed by atoms with Crippen molar-refractivity contribution in [2.75, 3.05) is 24.2 Å². The molecule has 4 amide bonds. The number of amides is 4. The van der Waals surface area contributed by atoms with E-state index >= 15 is 0 Å². The van der Waals surface area contributed by atoms with Crippen molar-refractivity contribution in [1.82, 2.24) is 10.2 Å². The number of hydrogen-bond donors (Lipinski definition) is 3. The smallest absolute Gasteiger partial charge is 0.319 e. The lowest BCUT2D eigenvalue weighted by molar-refractivity contribution is -0.116. The molecule has 0 aliphatic rings. The molecule has 0 saturated heterocycles. The largest absolute Gasteiger partial charge is 0.336 e. The van der Waals surface area contributed by atoms with E-state index in [4.69, 9.17) is 0 Å². The van der Waals surface area contributed by atoms with Crippen molar-refractivity contribution >= 4 is 29.2 Å². The lowest BCUT2D eigenvalue weighted by Crippen LogP contribution is -2.35. The zero-order valence-electron chi connectivity index (χ0n) is 17.3. The zero-order chi connectivity index (χ0) is 21.4. The number of rotatable bonds is 7. The highest BCUT2D eigenvalue weighted by atomic mass is 16.2. The Labute approximate surface area is 171 Å². The summed E-state index contributed by atoms with van der Waals surface area (Å²) >= 11 is 0. The molecule has 0 atom stereocenters. The quantitative estimate of drug-likeness (QED) is 0.669. The zero-order valence-corrected chi connectivity index (χ0v) is 17.3. The minimum atomic E-state index is -0.341. The number of hydrogen-bond acceptors (Lipinski definition) is 3. The summed E-state index contributed by atoms with van der Waals surface area (Å²) in [5.41, 5.74) is 2.68. The topological polar surface area (TPSA) is 90.5 Å². The maximum atomic E-state index is 12.7. The molecular weight excluding hydrogens is 368 g/mol. The lowest BCUT2D eigenvalue weighted by Gasteiger charge is -2.18. The molecular formula is C22H28N4O3. The van der Waals surface area contributed by atoms with Gasteiger partial charge in [0.2, 0.25) is 5.91 Å². The fourth-order valence-electron chi connectivity index (χ4n) is 2.81. The van der Waals surface area contributed by atoms with Gasteiger partial charge >= 0.3 is 6.03 Å². The minimum Gasteiger partial charge on any atom is -0.336 e. The molecule has 0 aliphatic carbocycles. The Morgan fingerprint density at radius 2 is 1.72 bits per heavy atom. The van der Waals surface area contributed by atoms with E-state index in [2.05, 4.69) is 16.0 Å². The summed E-state index contributed by atoms with van der Waals surface area (Å²) in [6.45, 7) is 5.66. The third-order valence-electron chi connectivity index (χ3n) is 4.19. The molecule has 2 aromatic carbocycles. The third-order valence-corrected chi connectivity index (χ3v) is 4.19. The van der Waals surface area contributed by atoms with Crippen LogP contribution in [0.4, 0.5) is 16.2 Å². The standard InChI is InChI=1S/C22H28N4O3/c1-5-16-9-6-7-12-19(16)25-20(27)14-26(4)21(28)17-10-8-11-18(13-17)24-22(29)23-15(2)3/h6-13,15H,5,14H2,1-4H3,(H,25,27)(H2,23,24,29). The number of aryl methyl sites for hydroxylation is 1. The van der Waals surface area contributed by atoms with Crippen LogP contribution in [0.3, 0.4) is 0 Å². The van der Waals surface area contributed by atoms with Crippen molar-refractivity contribution in [3.05, 3.63) is 59.7 Å². The van der Waals surface area contributed by atoms with Crippen molar-refractivity contribution < 1.29 is 14.4 Å². The molecule has 29 heavy (non-hydrogen) atoms. The molecule has 2 rings (SSSR count). The van der Waals surface area contributed by atoms with Gasteiger partial charge in [-0.1, -0.05) is 31.2 Å². The summed E-state index contributed by atoms with van der Waals surface area (Å²) in [5, 5.41) is 8.27. The van der Waals surface area contributed by atoms with Crippen molar-refractivity contribution in [1.29, 1.82) is 0 Å². The van der Waals surface area contributed by atoms with Crippen LogP contribution in [0.1, 0.15) is 36.7 Å². The van der Waals surface area contributed by atoms with Crippen LogP contribution < -0.4 is 16.0 Å². The Morgan fingerprint density at radius 1 is 1.00 bits per heavy atom. The summed E-state index contributed by atoms with van der Waals surface area (Å²) in [4.78, 5) is 38.2. The fraction of sp³-hybridized carbons (Fsp3) is 0.318. The number of carbonyl (C=O) groups excluding carboxylic acids is 3. The fourth-order valence-corrected chi connectivity index (χ4v) is 2.81. The first kappa shape index (κ1) is 21.9. The number of carbonyl (C=O) groups is 3. The van der Waals surface area contributed by atoms with Gasteiger partial charge in [0.15, 0.2) is 0 Å². The van der Waals surface area contributed by atoms with Gasteiger partial charge in [-0.05, 0) is 50.1 Å². The van der Waals surface area contributed by atoms with Gasteiger partial charge in [-0.15, -0.1) is 0 Å². The van der Waals surface area contributed by atoms with Gasteiger partial charge < -0.3 is 20.9 Å². The lowest BCUT2D eigenvalue weighted by atomic mass is 10.1. The SMILES string of the molecule is CCc1ccccc1NC(=O)CN(C)C(=O)c1cccc(NC(=O)NC(C)C)c1. The second-order valence-electron chi connectivity index (χ2n) is 7.05. The van der Waals surface area contributed by atoms with Gasteiger partial charge in [0, 0.05) is 30.0 Å². The first-order valence-corrected chi connectivity index (χ1v) is 9.61. The third kappa shape index (κ3) is 6.64. The summed E-state index contributed by atoms with van der Waals surface area (Å²) in [5.74, 6) is -0.579. The minimum absolute atomic E-state index is 0.00213. The molecule has 0 aromatic heterocycles. The molecule has 0 fully saturated rings. The number of para-hydroxylation sites is 1. The highest BCUT2D eigenvalue weighted by Crippen LogP contribution is 2.16. The molecule has 0 aliphatic heterocycles. The Balaban J connectivity index is 1.99. The monoisotopic (exact) mass is 396 g/mol. The van der Waals surface area contributed by atoms with E-state index in [1.165, 1.54) is 4.90 Å². The van der Waals surface area contributed by atoms with Crippen molar-refractivity contribution in [3.63, 3.8) is 0 Å². The van der Waals surface area contributed by atoms with Crippen LogP contribution in [-0.4, -0.2) is 42.4 Å². The molecule has 0 unspecified atom stereocenters. The summed E-state index contributed by atoms with van der Waals surface area (Å²) in [6.07, 6.45) is 0.801. The van der Waals surface area contributed by atoms with Gasteiger partial charge in [-0.3, -0.25) is 9.59 Å². The number of likely N-dealkylation sites (N-methyl/N-ethyl adjacent to an activating group) is 1. The highest BCUT2D eigenvalue weighted by molar-refractivity contribution is 6.00. The van der Waals surface area contributed by atoms with Gasteiger partial charge in [-0.25, -0.2) is 4.79 Å². The molecule has 0 bridgehead atoms. The normalized spacial score (nSPS) is 10.4. The van der Waals surface area contributed by atoms with Crippen LogP contribution >= 0.6 is 0 Å². The molecule has 0 saturated carbocycles. The number of nitrogens with zero attached hydrogens (tertiary/aromatic N) is 1. The first-order valence-electron chi connectivity index (χ1n) is 9.61. The van der Waals surface area contributed by atoms with Gasteiger partial charge in [0.25, 0.3) is 5.91 Å². The number of benzene rings is 2. The molecule has 0 radical (unpaired) electrons. The molecule has 0 spiro atoms. The van der Waals surface area contributed by atoms with Crippen molar-refractivity contribution in [3.8, 4) is 0 Å². The van der Waals surface area contributed by atoms with Crippen LogP contribution in [0, 0.1) is 0 Å². The predicted molar refractivity (Wildman–Crippen MR) is 115 cm³/mol. The number of nitrogens with one attached hydrogen (secondary N) is 3. The molecule has 154 valence electrons. The van der Waals surface area contributed by atoms with E-state index in [1.807, 2.05) is 45.0 Å². The van der Waals surface area contributed by atoms with Gasteiger partial charge in [-0.2, -0.15) is 0 Å².